The fourth-order valence-corrected chi connectivity index (χ4v) is 7.09. The Labute approximate surface area is 269 Å². The second-order valence-electron chi connectivity index (χ2n) is 7.53. The Bertz CT molecular complexity index is 1130. The number of amides is 4. The minimum absolute atomic E-state index is 0. The molecule has 4 amide bonds. The van der Waals surface area contributed by atoms with Gasteiger partial charge in [0.1, 0.15) is 0 Å². The number of benzene rings is 4. The molecule has 0 aliphatic rings. The van der Waals surface area contributed by atoms with E-state index < -0.39 is 47.0 Å². The van der Waals surface area contributed by atoms with E-state index in [0.717, 1.165) is 0 Å². The van der Waals surface area contributed by atoms with E-state index in [2.05, 4.69) is 13.2 Å². The third-order valence-electron chi connectivity index (χ3n) is 4.85. The third-order valence-corrected chi connectivity index (χ3v) is 9.91. The third kappa shape index (κ3) is 12.5. The molecule has 0 radical (unpaired) electrons. The van der Waals surface area contributed by atoms with Crippen LogP contribution in [0.15, 0.2) is 121 Å². The summed E-state index contributed by atoms with van der Waals surface area (Å²) in [7, 11) is 0. The Balaban J connectivity index is 0.000000381. The van der Waals surface area contributed by atoms with E-state index in [1.165, 1.54) is 0 Å². The van der Waals surface area contributed by atoms with E-state index in [0.29, 0.717) is 22.3 Å². The molecule has 0 heterocycles. The zero-order valence-corrected chi connectivity index (χ0v) is 29.6. The summed E-state index contributed by atoms with van der Waals surface area (Å²) in [6, 6.07) is 35.9. The first-order valence-electron chi connectivity index (χ1n) is 11.5. The first kappa shape index (κ1) is 35.1. The average Bonchev–Trinajstić information content (AvgIpc) is 2.99. The van der Waals surface area contributed by atoms with Crippen molar-refractivity contribution < 1.29 is 91.0 Å². The summed E-state index contributed by atoms with van der Waals surface area (Å²) in [4.78, 5) is 47.0. The quantitative estimate of drug-likeness (QED) is 0.147. The van der Waals surface area contributed by atoms with Gasteiger partial charge >= 0.3 is 247 Å². The van der Waals surface area contributed by atoms with Gasteiger partial charge in [-0.05, 0) is 0 Å². The molecule has 0 saturated carbocycles. The van der Waals surface area contributed by atoms with Gasteiger partial charge < -0.3 is 24.8 Å². The number of carbonyl (C=O) groups excluding carboxylic acids is 4. The molecular formula is C28H24Cl2Hf2N4O4. The van der Waals surface area contributed by atoms with Crippen LogP contribution in [0.5, 0.6) is 0 Å². The monoisotopic (exact) mass is 910 g/mol. The van der Waals surface area contributed by atoms with Crippen molar-refractivity contribution in [3.05, 3.63) is 144 Å². The Hall–Kier alpha value is -2.92. The first-order valence-corrected chi connectivity index (χ1v) is 18.6. The molecule has 4 aromatic rings. The topological polar surface area (TPSA) is 116 Å². The molecule has 0 aliphatic carbocycles. The molecule has 0 fully saturated rings. The van der Waals surface area contributed by atoms with Crippen LogP contribution in [0.2, 0.25) is 0 Å². The van der Waals surface area contributed by atoms with E-state index in [1.807, 2.05) is 72.8 Å². The predicted octanol–water partition coefficient (Wildman–Crippen LogP) is -2.47. The standard InChI is InChI=1S/4C7H7NO.2ClH.2Hf/c4*8-7(9)6-4-2-1-3-5-6;;;;/h4*1-5H,(H2,8,9);2*1H;;/q;;;;;;2*+3/p-6. The van der Waals surface area contributed by atoms with Crippen molar-refractivity contribution >= 4 is 23.6 Å². The van der Waals surface area contributed by atoms with E-state index in [1.54, 1.807) is 48.5 Å². The minimum atomic E-state index is -1.68. The van der Waals surface area contributed by atoms with Crippen molar-refractivity contribution in [3.63, 3.8) is 0 Å². The van der Waals surface area contributed by atoms with Crippen molar-refractivity contribution in [2.24, 2.45) is 0 Å². The second-order valence-corrected chi connectivity index (χ2v) is 12.9. The molecule has 4 aromatic carbocycles. The molecule has 0 aromatic heterocycles. The SMILES string of the molecule is O=C([NH][Hf+][NH]C(=O)c1ccccc1)c1ccccc1.O=C([NH][Hf+][NH]C(=O)c1ccccc1)c1ccccc1.[Cl-].[Cl-]. The van der Waals surface area contributed by atoms with Crippen LogP contribution in [0.3, 0.4) is 0 Å². The van der Waals surface area contributed by atoms with E-state index in [9.17, 15) is 19.2 Å². The van der Waals surface area contributed by atoms with Gasteiger partial charge in [-0.1, -0.05) is 0 Å². The molecule has 0 unspecified atom stereocenters. The number of halogens is 2. The molecule has 0 aliphatic heterocycles. The number of nitrogens with one attached hydrogen (secondary N) is 4. The minimum Gasteiger partial charge on any atom is -1.00 e. The van der Waals surface area contributed by atoms with Gasteiger partial charge in [-0.15, -0.1) is 0 Å². The molecule has 0 spiro atoms. The molecular weight excluding hydrogens is 884 g/mol. The van der Waals surface area contributed by atoms with Crippen LogP contribution >= 0.6 is 0 Å². The van der Waals surface area contributed by atoms with Gasteiger partial charge in [0.15, 0.2) is 0 Å². The Morgan fingerprint density at radius 3 is 0.700 bits per heavy atom. The summed E-state index contributed by atoms with van der Waals surface area (Å²) in [5.74, 6) is -0.510. The predicted molar refractivity (Wildman–Crippen MR) is 136 cm³/mol. The molecule has 40 heavy (non-hydrogen) atoms. The number of rotatable bonds is 8. The molecule has 0 bridgehead atoms. The summed E-state index contributed by atoms with van der Waals surface area (Å²) < 4.78 is 11.3. The fourth-order valence-electron chi connectivity index (χ4n) is 2.94. The van der Waals surface area contributed by atoms with Crippen molar-refractivity contribution in [3.8, 4) is 0 Å². The van der Waals surface area contributed by atoms with Crippen LogP contribution in [-0.4, -0.2) is 23.6 Å². The van der Waals surface area contributed by atoms with E-state index in [-0.39, 0.29) is 48.4 Å². The molecule has 4 rings (SSSR count). The van der Waals surface area contributed by atoms with E-state index >= 15 is 0 Å². The van der Waals surface area contributed by atoms with Crippen LogP contribution in [0.1, 0.15) is 41.4 Å². The normalized spacial score (nSPS) is 8.80. The van der Waals surface area contributed by atoms with Gasteiger partial charge in [-0.2, -0.15) is 0 Å². The average molecular weight is 908 g/mol. The summed E-state index contributed by atoms with van der Waals surface area (Å²) in [6.45, 7) is 0. The summed E-state index contributed by atoms with van der Waals surface area (Å²) >= 11 is -3.36. The van der Waals surface area contributed by atoms with Crippen LogP contribution in [0.4, 0.5) is 0 Å². The molecule has 0 saturated heterocycles. The largest absolute Gasteiger partial charge is 1.00 e. The molecule has 4 N–H and O–H groups in total. The van der Waals surface area contributed by atoms with Crippen molar-refractivity contribution in [1.29, 1.82) is 0 Å². The zero-order valence-electron chi connectivity index (χ0n) is 20.9. The van der Waals surface area contributed by atoms with Crippen LogP contribution in [0, 0.1) is 0 Å². The fraction of sp³-hybridized carbons (Fsp3) is 0. The zero-order chi connectivity index (χ0) is 27.0. The van der Waals surface area contributed by atoms with Crippen molar-refractivity contribution in [2.45, 2.75) is 0 Å². The molecule has 12 heteroatoms. The number of carbonyl (C=O) groups is 4. The van der Waals surface area contributed by atoms with Crippen LogP contribution in [0.25, 0.3) is 0 Å². The van der Waals surface area contributed by atoms with Crippen LogP contribution < -0.4 is 38.0 Å². The molecule has 8 nitrogen and oxygen atoms in total. The van der Waals surface area contributed by atoms with Gasteiger partial charge in [-0.3, -0.25) is 0 Å². The Kier molecular flexibility index (Phi) is 17.6. The first-order chi connectivity index (χ1) is 18.5. The Morgan fingerprint density at radius 2 is 0.525 bits per heavy atom. The Morgan fingerprint density at radius 1 is 0.350 bits per heavy atom. The summed E-state index contributed by atoms with van der Waals surface area (Å²) in [6.07, 6.45) is 0. The van der Waals surface area contributed by atoms with Gasteiger partial charge in [0, 0.05) is 0 Å². The van der Waals surface area contributed by atoms with Gasteiger partial charge in [0.05, 0.1) is 0 Å². The maximum absolute atomic E-state index is 11.7. The summed E-state index contributed by atoms with van der Waals surface area (Å²) in [5, 5.41) is 0. The van der Waals surface area contributed by atoms with Crippen LogP contribution in [-0.2, 0) is 47.0 Å². The number of hydrogen-bond acceptors (Lipinski definition) is 4. The van der Waals surface area contributed by atoms with Crippen molar-refractivity contribution in [1.82, 2.24) is 13.2 Å². The second kappa shape index (κ2) is 20.0. The van der Waals surface area contributed by atoms with Gasteiger partial charge in [-0.25, -0.2) is 0 Å². The number of hydrogen-bond donors (Lipinski definition) is 4. The van der Waals surface area contributed by atoms with Crippen molar-refractivity contribution in [2.75, 3.05) is 0 Å². The smallest absolute Gasteiger partial charge is 1.00 e. The summed E-state index contributed by atoms with van der Waals surface area (Å²) in [5.41, 5.74) is 2.46. The maximum atomic E-state index is 11.7. The molecule has 0 atom stereocenters. The van der Waals surface area contributed by atoms with Gasteiger partial charge in [0.25, 0.3) is 0 Å². The van der Waals surface area contributed by atoms with Gasteiger partial charge in [0.2, 0.25) is 0 Å². The van der Waals surface area contributed by atoms with E-state index in [4.69, 9.17) is 0 Å². The molecule has 202 valence electrons. The maximum Gasteiger partial charge on any atom is -1.00 e.